The summed E-state index contributed by atoms with van der Waals surface area (Å²) in [7, 11) is 0. The zero-order valence-electron chi connectivity index (χ0n) is 22.6. The van der Waals surface area contributed by atoms with Crippen LogP contribution in [0, 0.1) is 46.3 Å². The summed E-state index contributed by atoms with van der Waals surface area (Å²) < 4.78 is 52.0. The molecular weight excluding hydrogens is 541 g/mol. The molecule has 0 heterocycles. The van der Waals surface area contributed by atoms with Crippen LogP contribution in [0.15, 0.2) is 73.3 Å². The van der Waals surface area contributed by atoms with E-state index in [1.165, 1.54) is 30.3 Å². The van der Waals surface area contributed by atoms with Gasteiger partial charge in [-0.2, -0.15) is 23.7 Å². The maximum atomic E-state index is 13.8. The molecule has 8 heteroatoms. The fraction of sp³-hybridized carbons (Fsp3) is 0.206. The maximum absolute atomic E-state index is 13.8. The van der Waals surface area contributed by atoms with Gasteiger partial charge in [0, 0.05) is 28.3 Å². The molecule has 0 saturated carbocycles. The van der Waals surface area contributed by atoms with E-state index in [4.69, 9.17) is 20.0 Å². The second kappa shape index (κ2) is 15.4. The molecule has 0 saturated heterocycles. The Bertz CT molecular complexity index is 1640. The van der Waals surface area contributed by atoms with Crippen molar-refractivity contribution in [3.05, 3.63) is 112 Å². The summed E-state index contributed by atoms with van der Waals surface area (Å²) in [5.41, 5.74) is 0.228. The van der Waals surface area contributed by atoms with E-state index in [0.29, 0.717) is 30.1 Å². The number of rotatable bonds is 9. The minimum absolute atomic E-state index is 0.1000. The Balaban J connectivity index is 1.61. The fourth-order valence-corrected chi connectivity index (χ4v) is 3.68. The Hall–Kier alpha value is -5.44. The zero-order chi connectivity index (χ0) is 30.4. The highest BCUT2D eigenvalue weighted by Crippen LogP contribution is 2.32. The van der Waals surface area contributed by atoms with E-state index in [1.807, 2.05) is 12.1 Å². The Labute approximate surface area is 242 Å². The van der Waals surface area contributed by atoms with Crippen LogP contribution in [-0.4, -0.2) is 19.2 Å². The van der Waals surface area contributed by atoms with E-state index in [0.717, 1.165) is 37.8 Å². The Kier molecular flexibility index (Phi) is 11.4. The van der Waals surface area contributed by atoms with Gasteiger partial charge in [0.1, 0.15) is 17.9 Å². The van der Waals surface area contributed by atoms with Crippen molar-refractivity contribution in [3.63, 3.8) is 0 Å². The molecule has 210 valence electrons. The van der Waals surface area contributed by atoms with E-state index in [9.17, 15) is 18.0 Å². The molecular formula is C34H25F3N2O3. The summed E-state index contributed by atoms with van der Waals surface area (Å²) in [6.07, 6.45) is -0.0630. The van der Waals surface area contributed by atoms with Gasteiger partial charge in [-0.05, 0) is 86.3 Å². The first-order chi connectivity index (χ1) is 20.2. The van der Waals surface area contributed by atoms with E-state index < -0.39 is 17.7 Å². The number of hydrogen-bond acceptors (Lipinski definition) is 5. The first-order valence-corrected chi connectivity index (χ1v) is 12.9. The molecule has 3 rings (SSSR count). The van der Waals surface area contributed by atoms with E-state index in [1.54, 1.807) is 24.3 Å². The SMILES string of the molecule is C=CC(=O)OCCCCCCOc1ccc(C#Cc2ccc(C#Cc3ccc(C#N)c(C#N)c3)c(C(F)(F)F)c2)cc1. The molecule has 3 aromatic rings. The summed E-state index contributed by atoms with van der Waals surface area (Å²) in [5.74, 6) is 11.0. The third-order valence-corrected chi connectivity index (χ3v) is 5.85. The molecule has 5 nitrogen and oxygen atoms in total. The lowest BCUT2D eigenvalue weighted by Gasteiger charge is -2.09. The van der Waals surface area contributed by atoms with Crippen LogP contribution in [-0.2, 0) is 15.7 Å². The second-order valence-electron chi connectivity index (χ2n) is 8.90. The van der Waals surface area contributed by atoms with Crippen molar-refractivity contribution in [1.29, 1.82) is 10.5 Å². The van der Waals surface area contributed by atoms with Gasteiger partial charge in [0.2, 0.25) is 0 Å². The number of ether oxygens (including phenoxy) is 2. The topological polar surface area (TPSA) is 83.1 Å². The van der Waals surface area contributed by atoms with Gasteiger partial charge in [-0.3, -0.25) is 0 Å². The van der Waals surface area contributed by atoms with Gasteiger partial charge in [0.15, 0.2) is 0 Å². The first-order valence-electron chi connectivity index (χ1n) is 12.9. The molecule has 3 aromatic carbocycles. The van der Waals surface area contributed by atoms with Crippen LogP contribution in [0.1, 0.15) is 64.6 Å². The molecule has 0 atom stereocenters. The minimum Gasteiger partial charge on any atom is -0.494 e. The normalized spacial score (nSPS) is 10.1. The minimum atomic E-state index is -4.65. The summed E-state index contributed by atoms with van der Waals surface area (Å²) in [4.78, 5) is 11.0. The highest BCUT2D eigenvalue weighted by molar-refractivity contribution is 5.81. The average Bonchev–Trinajstić information content (AvgIpc) is 3.00. The molecule has 0 amide bonds. The van der Waals surface area contributed by atoms with Crippen LogP contribution in [0.2, 0.25) is 0 Å². The smallest absolute Gasteiger partial charge is 0.417 e. The van der Waals surface area contributed by atoms with Gasteiger partial charge in [0.05, 0.1) is 29.9 Å². The standard InChI is InChI=1S/C34H25F3N2O3/c1-2-33(40)42-20-6-4-3-5-19-41-31-17-12-25(13-18-31)7-8-27-10-15-28(32(22-27)34(35,36)37)14-9-26-11-16-29(23-38)30(21-26)24-39/h2,10-13,15-18,21-22H,1,3-6,19-20H2. The molecule has 42 heavy (non-hydrogen) atoms. The predicted molar refractivity (Wildman–Crippen MR) is 151 cm³/mol. The van der Waals surface area contributed by atoms with Crippen molar-refractivity contribution in [3.8, 4) is 41.6 Å². The van der Waals surface area contributed by atoms with Gasteiger partial charge in [0.25, 0.3) is 0 Å². The van der Waals surface area contributed by atoms with Crippen molar-refractivity contribution >= 4 is 5.97 Å². The van der Waals surface area contributed by atoms with Crippen molar-refractivity contribution in [2.24, 2.45) is 0 Å². The molecule has 0 aliphatic heterocycles. The molecule has 0 radical (unpaired) electrons. The monoisotopic (exact) mass is 566 g/mol. The molecule has 0 spiro atoms. The van der Waals surface area contributed by atoms with Crippen LogP contribution >= 0.6 is 0 Å². The second-order valence-corrected chi connectivity index (χ2v) is 8.90. The maximum Gasteiger partial charge on any atom is 0.417 e. The number of carbonyl (C=O) groups excluding carboxylic acids is 1. The van der Waals surface area contributed by atoms with Crippen molar-refractivity contribution < 1.29 is 27.4 Å². The number of hydrogen-bond donors (Lipinski definition) is 0. The lowest BCUT2D eigenvalue weighted by molar-refractivity contribution is -0.138. The number of unbranched alkanes of at least 4 members (excludes halogenated alkanes) is 3. The van der Waals surface area contributed by atoms with Crippen molar-refractivity contribution in [1.82, 2.24) is 0 Å². The van der Waals surface area contributed by atoms with Crippen molar-refractivity contribution in [2.75, 3.05) is 13.2 Å². The molecule has 0 bridgehead atoms. The average molecular weight is 567 g/mol. The van der Waals surface area contributed by atoms with E-state index in [-0.39, 0.29) is 22.3 Å². The highest BCUT2D eigenvalue weighted by atomic mass is 19.4. The van der Waals surface area contributed by atoms with E-state index in [2.05, 4.69) is 30.3 Å². The van der Waals surface area contributed by atoms with Crippen molar-refractivity contribution in [2.45, 2.75) is 31.9 Å². The number of nitriles is 2. The number of halogens is 3. The summed E-state index contributed by atoms with van der Waals surface area (Å²) in [6.45, 7) is 4.24. The highest BCUT2D eigenvalue weighted by Gasteiger charge is 2.33. The third kappa shape index (κ3) is 9.63. The van der Waals surface area contributed by atoms with Crippen LogP contribution in [0.25, 0.3) is 0 Å². The van der Waals surface area contributed by atoms with Crippen LogP contribution in [0.3, 0.4) is 0 Å². The Morgan fingerprint density at radius 2 is 1.31 bits per heavy atom. The molecule has 0 aliphatic rings. The predicted octanol–water partition coefficient (Wildman–Crippen LogP) is 6.92. The van der Waals surface area contributed by atoms with Crippen LogP contribution in [0.5, 0.6) is 5.75 Å². The van der Waals surface area contributed by atoms with Gasteiger partial charge in [-0.1, -0.05) is 30.3 Å². The lowest BCUT2D eigenvalue weighted by atomic mass is 10.0. The number of esters is 1. The number of nitrogens with zero attached hydrogens (tertiary/aromatic N) is 2. The van der Waals surface area contributed by atoms with Crippen LogP contribution < -0.4 is 4.74 Å². The van der Waals surface area contributed by atoms with Gasteiger partial charge in [-0.15, -0.1) is 0 Å². The molecule has 0 unspecified atom stereocenters. The van der Waals surface area contributed by atoms with E-state index >= 15 is 0 Å². The molecule has 0 aliphatic carbocycles. The number of benzene rings is 3. The quantitative estimate of drug-likeness (QED) is 0.122. The molecule has 0 fully saturated rings. The fourth-order valence-electron chi connectivity index (χ4n) is 3.68. The largest absolute Gasteiger partial charge is 0.494 e. The van der Waals surface area contributed by atoms with Gasteiger partial charge < -0.3 is 9.47 Å². The van der Waals surface area contributed by atoms with Gasteiger partial charge >= 0.3 is 12.1 Å². The molecule has 0 N–H and O–H groups in total. The third-order valence-electron chi connectivity index (χ3n) is 5.85. The molecule has 0 aromatic heterocycles. The summed E-state index contributed by atoms with van der Waals surface area (Å²) >= 11 is 0. The number of carbonyl (C=O) groups is 1. The van der Waals surface area contributed by atoms with Gasteiger partial charge in [-0.25, -0.2) is 4.79 Å². The Morgan fingerprint density at radius 1 is 0.738 bits per heavy atom. The number of alkyl halides is 3. The lowest BCUT2D eigenvalue weighted by Crippen LogP contribution is -2.08. The zero-order valence-corrected chi connectivity index (χ0v) is 22.6. The van der Waals surface area contributed by atoms with Crippen LogP contribution in [0.4, 0.5) is 13.2 Å². The first kappa shape index (κ1) is 31.1. The summed E-state index contributed by atoms with van der Waals surface area (Å²) in [6, 6.07) is 18.6. The summed E-state index contributed by atoms with van der Waals surface area (Å²) in [5, 5.41) is 18.2. The Morgan fingerprint density at radius 3 is 1.95 bits per heavy atom.